The van der Waals surface area contributed by atoms with Gasteiger partial charge in [0.1, 0.15) is 11.3 Å². The summed E-state index contributed by atoms with van der Waals surface area (Å²) >= 11 is 0. The Morgan fingerprint density at radius 1 is 1.26 bits per heavy atom. The van der Waals surface area contributed by atoms with Gasteiger partial charge in [-0.15, -0.1) is 0 Å². The van der Waals surface area contributed by atoms with Crippen molar-refractivity contribution in [3.8, 4) is 0 Å². The van der Waals surface area contributed by atoms with Crippen LogP contribution >= 0.6 is 0 Å². The Hall–Kier alpha value is -2.56. The highest BCUT2D eigenvalue weighted by Crippen LogP contribution is 2.32. The summed E-state index contributed by atoms with van der Waals surface area (Å²) in [5, 5.41) is 2.95. The lowest BCUT2D eigenvalue weighted by Crippen LogP contribution is -2.53. The molecule has 1 N–H and O–H groups in total. The molecule has 1 aliphatic heterocycles. The predicted molar refractivity (Wildman–Crippen MR) is 85.2 cm³/mol. The van der Waals surface area contributed by atoms with Crippen LogP contribution in [0.15, 0.2) is 53.1 Å². The van der Waals surface area contributed by atoms with Crippen LogP contribution < -0.4 is 5.32 Å². The van der Waals surface area contributed by atoms with Crippen molar-refractivity contribution in [2.45, 2.75) is 38.4 Å². The number of hydrogen-bond acceptors (Lipinski definition) is 3. The molecule has 3 rings (SSSR count). The Balaban J connectivity index is 1.70. The maximum atomic E-state index is 12.7. The van der Waals surface area contributed by atoms with Gasteiger partial charge in [-0.3, -0.25) is 9.59 Å². The molecule has 0 saturated carbocycles. The van der Waals surface area contributed by atoms with Gasteiger partial charge in [0, 0.05) is 13.0 Å². The largest absolute Gasteiger partial charge is 0.467 e. The number of likely N-dealkylation sites (tertiary alicyclic amines) is 1. The molecule has 1 aliphatic rings. The first-order chi connectivity index (χ1) is 11.1. The molecule has 2 heterocycles. The molecule has 5 heteroatoms. The maximum Gasteiger partial charge on any atom is 0.245 e. The van der Waals surface area contributed by atoms with E-state index >= 15 is 0 Å². The topological polar surface area (TPSA) is 62.6 Å². The average molecular weight is 312 g/mol. The third-order valence-electron chi connectivity index (χ3n) is 4.40. The molecular weight excluding hydrogens is 292 g/mol. The van der Waals surface area contributed by atoms with Gasteiger partial charge in [-0.25, -0.2) is 0 Å². The van der Waals surface area contributed by atoms with Crippen LogP contribution in [-0.2, 0) is 22.7 Å². The molecule has 2 amide bonds. The summed E-state index contributed by atoms with van der Waals surface area (Å²) in [5.74, 6) is 0.542. The van der Waals surface area contributed by atoms with E-state index in [2.05, 4.69) is 5.32 Å². The quantitative estimate of drug-likeness (QED) is 0.922. The molecule has 0 unspecified atom stereocenters. The molecule has 23 heavy (non-hydrogen) atoms. The van der Waals surface area contributed by atoms with E-state index in [1.165, 1.54) is 0 Å². The lowest BCUT2D eigenvalue weighted by Gasteiger charge is -2.33. The van der Waals surface area contributed by atoms with Crippen LogP contribution in [0.4, 0.5) is 0 Å². The van der Waals surface area contributed by atoms with Gasteiger partial charge in [0.15, 0.2) is 0 Å². The molecule has 5 nitrogen and oxygen atoms in total. The molecule has 1 aromatic heterocycles. The molecule has 1 atom stereocenters. The first kappa shape index (κ1) is 15.3. The zero-order valence-corrected chi connectivity index (χ0v) is 13.1. The molecule has 1 aromatic carbocycles. The maximum absolute atomic E-state index is 12.7. The molecule has 1 saturated heterocycles. The predicted octanol–water partition coefficient (Wildman–Crippen LogP) is 2.48. The van der Waals surface area contributed by atoms with E-state index in [9.17, 15) is 9.59 Å². The second kappa shape index (κ2) is 6.28. The van der Waals surface area contributed by atoms with Crippen LogP contribution in [0.1, 0.15) is 31.1 Å². The third kappa shape index (κ3) is 3.13. The number of nitrogens with one attached hydrogen (secondary N) is 1. The van der Waals surface area contributed by atoms with Crippen molar-refractivity contribution in [1.82, 2.24) is 10.2 Å². The highest BCUT2D eigenvalue weighted by atomic mass is 16.3. The van der Waals surface area contributed by atoms with Crippen molar-refractivity contribution < 1.29 is 14.0 Å². The van der Waals surface area contributed by atoms with E-state index in [1.54, 1.807) is 17.2 Å². The van der Waals surface area contributed by atoms with Gasteiger partial charge in [-0.05, 0) is 31.0 Å². The van der Waals surface area contributed by atoms with Crippen LogP contribution in [0.3, 0.4) is 0 Å². The van der Waals surface area contributed by atoms with Gasteiger partial charge in [0.25, 0.3) is 0 Å². The second-order valence-corrected chi connectivity index (χ2v) is 6.00. The zero-order chi connectivity index (χ0) is 16.3. The second-order valence-electron chi connectivity index (χ2n) is 6.00. The van der Waals surface area contributed by atoms with Crippen molar-refractivity contribution in [2.75, 3.05) is 0 Å². The molecule has 0 aliphatic carbocycles. The summed E-state index contributed by atoms with van der Waals surface area (Å²) in [6.07, 6.45) is 2.48. The number of carbonyl (C=O) groups is 2. The van der Waals surface area contributed by atoms with Gasteiger partial charge >= 0.3 is 0 Å². The summed E-state index contributed by atoms with van der Waals surface area (Å²) in [7, 11) is 0. The number of amides is 2. The number of nitrogens with zero attached hydrogens (tertiary/aromatic N) is 1. The van der Waals surface area contributed by atoms with Gasteiger partial charge in [0.2, 0.25) is 11.8 Å². The van der Waals surface area contributed by atoms with Crippen molar-refractivity contribution >= 4 is 11.8 Å². The van der Waals surface area contributed by atoms with Crippen LogP contribution in [0.25, 0.3) is 0 Å². The Morgan fingerprint density at radius 3 is 2.74 bits per heavy atom. The summed E-state index contributed by atoms with van der Waals surface area (Å²) in [5.41, 5.74) is 0.199. The molecular formula is C18H20N2O3. The number of furan rings is 1. The van der Waals surface area contributed by atoms with E-state index in [4.69, 9.17) is 4.42 Å². The van der Waals surface area contributed by atoms with Gasteiger partial charge in [-0.1, -0.05) is 30.3 Å². The van der Waals surface area contributed by atoms with Gasteiger partial charge in [0.05, 0.1) is 12.8 Å². The lowest BCUT2D eigenvalue weighted by molar-refractivity contribution is -0.141. The van der Waals surface area contributed by atoms with Crippen LogP contribution in [-0.4, -0.2) is 22.3 Å². The fourth-order valence-electron chi connectivity index (χ4n) is 2.92. The van der Waals surface area contributed by atoms with Crippen LogP contribution in [0, 0.1) is 0 Å². The SMILES string of the molecule is C[C@@]1(C(=O)NCc2ccccc2)CCC(=O)N1Cc1ccco1. The van der Waals surface area contributed by atoms with Crippen LogP contribution in [0.2, 0.25) is 0 Å². The normalized spacial score (nSPS) is 20.7. The molecule has 2 aromatic rings. The first-order valence-electron chi connectivity index (χ1n) is 7.75. The molecule has 0 radical (unpaired) electrons. The number of rotatable bonds is 5. The highest BCUT2D eigenvalue weighted by molar-refractivity contribution is 5.94. The van der Waals surface area contributed by atoms with Crippen LogP contribution in [0.5, 0.6) is 0 Å². The standard InChI is InChI=1S/C18H20N2O3/c1-18(17(22)19-12-14-6-3-2-4-7-14)10-9-16(21)20(18)13-15-8-5-11-23-15/h2-8,11H,9-10,12-13H2,1H3,(H,19,22)/t18-/m0/s1. The monoisotopic (exact) mass is 312 g/mol. The Bertz CT molecular complexity index is 682. The summed E-state index contributed by atoms with van der Waals surface area (Å²) in [4.78, 5) is 26.5. The molecule has 0 spiro atoms. The van der Waals surface area contributed by atoms with Crippen molar-refractivity contribution in [3.05, 3.63) is 60.1 Å². The minimum Gasteiger partial charge on any atom is -0.467 e. The zero-order valence-electron chi connectivity index (χ0n) is 13.1. The Morgan fingerprint density at radius 2 is 2.04 bits per heavy atom. The van der Waals surface area contributed by atoms with E-state index in [-0.39, 0.29) is 11.8 Å². The number of benzene rings is 1. The Kier molecular flexibility index (Phi) is 4.19. The molecule has 0 bridgehead atoms. The Labute approximate surface area is 135 Å². The summed E-state index contributed by atoms with van der Waals surface area (Å²) in [6.45, 7) is 2.60. The van der Waals surface area contributed by atoms with E-state index < -0.39 is 5.54 Å². The highest BCUT2D eigenvalue weighted by Gasteiger charge is 2.47. The average Bonchev–Trinajstić information content (AvgIpc) is 3.18. The fraction of sp³-hybridized carbons (Fsp3) is 0.333. The smallest absolute Gasteiger partial charge is 0.245 e. The number of carbonyl (C=O) groups excluding carboxylic acids is 2. The minimum absolute atomic E-state index is 0.0150. The fourth-order valence-corrected chi connectivity index (χ4v) is 2.92. The van der Waals surface area contributed by atoms with Crippen molar-refractivity contribution in [3.63, 3.8) is 0 Å². The van der Waals surface area contributed by atoms with Crippen molar-refractivity contribution in [2.24, 2.45) is 0 Å². The molecule has 1 fully saturated rings. The van der Waals surface area contributed by atoms with E-state index in [0.717, 1.165) is 5.56 Å². The van der Waals surface area contributed by atoms with Gasteiger partial charge in [-0.2, -0.15) is 0 Å². The minimum atomic E-state index is -0.835. The number of hydrogen-bond donors (Lipinski definition) is 1. The molecule has 120 valence electrons. The van der Waals surface area contributed by atoms with E-state index in [0.29, 0.717) is 31.7 Å². The van der Waals surface area contributed by atoms with E-state index in [1.807, 2.05) is 43.3 Å². The first-order valence-corrected chi connectivity index (χ1v) is 7.75. The lowest BCUT2D eigenvalue weighted by atomic mass is 9.97. The van der Waals surface area contributed by atoms with Gasteiger partial charge < -0.3 is 14.6 Å². The van der Waals surface area contributed by atoms with Crippen molar-refractivity contribution in [1.29, 1.82) is 0 Å². The third-order valence-corrected chi connectivity index (χ3v) is 4.40. The summed E-state index contributed by atoms with van der Waals surface area (Å²) < 4.78 is 5.32. The summed E-state index contributed by atoms with van der Waals surface area (Å²) in [6, 6.07) is 13.3.